The molecule has 0 aliphatic carbocycles. The summed E-state index contributed by atoms with van der Waals surface area (Å²) >= 11 is 5.90. The fourth-order valence-electron chi connectivity index (χ4n) is 2.67. The van der Waals surface area contributed by atoms with Crippen LogP contribution in [0.5, 0.6) is 0 Å². The molecule has 1 aliphatic heterocycles. The summed E-state index contributed by atoms with van der Waals surface area (Å²) in [6.45, 7) is 2.50. The van der Waals surface area contributed by atoms with Gasteiger partial charge in [-0.2, -0.15) is 0 Å². The van der Waals surface area contributed by atoms with E-state index in [-0.39, 0.29) is 12.5 Å². The van der Waals surface area contributed by atoms with Crippen LogP contribution in [0.4, 0.5) is 0 Å². The third-order valence-electron chi connectivity index (χ3n) is 3.83. The van der Waals surface area contributed by atoms with Crippen LogP contribution in [0.1, 0.15) is 24.3 Å². The van der Waals surface area contributed by atoms with Gasteiger partial charge >= 0.3 is 0 Å². The van der Waals surface area contributed by atoms with Gasteiger partial charge in [0.05, 0.1) is 6.61 Å². The van der Waals surface area contributed by atoms with Gasteiger partial charge in [-0.25, -0.2) is 0 Å². The Morgan fingerprint density at radius 1 is 1.29 bits per heavy atom. The van der Waals surface area contributed by atoms with Gasteiger partial charge in [-0.1, -0.05) is 23.7 Å². The molecule has 1 N–H and O–H groups in total. The van der Waals surface area contributed by atoms with Crippen LogP contribution in [0.25, 0.3) is 0 Å². The van der Waals surface area contributed by atoms with E-state index >= 15 is 0 Å². The van der Waals surface area contributed by atoms with Gasteiger partial charge in [0.2, 0.25) is 0 Å². The van der Waals surface area contributed by atoms with Crippen molar-refractivity contribution in [2.45, 2.75) is 18.8 Å². The Morgan fingerprint density at radius 3 is 2.41 bits per heavy atom. The molecule has 0 spiro atoms. The highest BCUT2D eigenvalue weighted by molar-refractivity contribution is 6.30. The number of piperidine rings is 1. The van der Waals surface area contributed by atoms with E-state index in [1.165, 1.54) is 18.4 Å². The molecule has 1 aliphatic rings. The fraction of sp³-hybridized carbons (Fsp3) is 0.571. The lowest BCUT2D eigenvalue weighted by atomic mass is 9.80. The Balaban J connectivity index is 2.08. The van der Waals surface area contributed by atoms with Gasteiger partial charge in [-0.05, 0) is 56.6 Å². The lowest BCUT2D eigenvalue weighted by Gasteiger charge is -2.33. The molecular weight excluding hydrogens is 234 g/mol. The first-order valence-electron chi connectivity index (χ1n) is 6.25. The number of benzene rings is 1. The largest absolute Gasteiger partial charge is 0.396 e. The summed E-state index contributed by atoms with van der Waals surface area (Å²) in [5.74, 6) is 0.860. The van der Waals surface area contributed by atoms with E-state index in [4.69, 9.17) is 11.6 Å². The number of hydrogen-bond donors (Lipinski definition) is 1. The molecule has 1 unspecified atom stereocenters. The first-order chi connectivity index (χ1) is 8.20. The number of aliphatic hydroxyl groups is 1. The van der Waals surface area contributed by atoms with Crippen molar-refractivity contribution >= 4 is 11.6 Å². The number of likely N-dealkylation sites (tertiary alicyclic amines) is 1. The van der Waals surface area contributed by atoms with E-state index in [2.05, 4.69) is 11.9 Å². The van der Waals surface area contributed by atoms with Crippen LogP contribution >= 0.6 is 11.6 Å². The van der Waals surface area contributed by atoms with E-state index in [0.717, 1.165) is 18.1 Å². The Hall–Kier alpha value is -0.570. The summed E-state index contributed by atoms with van der Waals surface area (Å²) in [6.07, 6.45) is 2.34. The summed E-state index contributed by atoms with van der Waals surface area (Å²) < 4.78 is 0. The summed E-state index contributed by atoms with van der Waals surface area (Å²) in [4.78, 5) is 2.35. The molecular formula is C14H20ClNO. The average molecular weight is 254 g/mol. The molecule has 1 saturated heterocycles. The van der Waals surface area contributed by atoms with E-state index in [1.54, 1.807) is 0 Å². The Labute approximate surface area is 108 Å². The third kappa shape index (κ3) is 3.21. The Bertz CT molecular complexity index is 344. The Morgan fingerprint density at radius 2 is 1.88 bits per heavy atom. The number of halogens is 1. The van der Waals surface area contributed by atoms with Crippen molar-refractivity contribution in [3.8, 4) is 0 Å². The van der Waals surface area contributed by atoms with Gasteiger partial charge in [0.15, 0.2) is 0 Å². The predicted octanol–water partition coefficient (Wildman–Crippen LogP) is 2.76. The molecule has 3 heteroatoms. The minimum Gasteiger partial charge on any atom is -0.396 e. The maximum Gasteiger partial charge on any atom is 0.0502 e. The maximum absolute atomic E-state index is 9.62. The molecule has 1 atom stereocenters. The van der Waals surface area contributed by atoms with E-state index < -0.39 is 0 Å². The van der Waals surface area contributed by atoms with Crippen LogP contribution < -0.4 is 0 Å². The van der Waals surface area contributed by atoms with Crippen molar-refractivity contribution in [3.05, 3.63) is 34.9 Å². The first kappa shape index (κ1) is 12.9. The zero-order valence-electron chi connectivity index (χ0n) is 10.3. The Kier molecular flexibility index (Phi) is 4.43. The monoisotopic (exact) mass is 253 g/mol. The van der Waals surface area contributed by atoms with Crippen molar-refractivity contribution in [1.29, 1.82) is 0 Å². The molecule has 2 nitrogen and oxygen atoms in total. The SMILES string of the molecule is CN1CCC(C(CO)c2ccc(Cl)cc2)CC1. The lowest BCUT2D eigenvalue weighted by Crippen LogP contribution is -2.33. The van der Waals surface area contributed by atoms with Crippen molar-refractivity contribution in [2.75, 3.05) is 26.7 Å². The molecule has 1 heterocycles. The van der Waals surface area contributed by atoms with E-state index in [9.17, 15) is 5.11 Å². The third-order valence-corrected chi connectivity index (χ3v) is 4.08. The highest BCUT2D eigenvalue weighted by atomic mass is 35.5. The van der Waals surface area contributed by atoms with E-state index in [1.807, 2.05) is 24.3 Å². The van der Waals surface area contributed by atoms with E-state index in [0.29, 0.717) is 5.92 Å². The number of hydrogen-bond acceptors (Lipinski definition) is 2. The molecule has 94 valence electrons. The van der Waals surface area contributed by atoms with Crippen LogP contribution in [0.15, 0.2) is 24.3 Å². The topological polar surface area (TPSA) is 23.5 Å². The molecule has 17 heavy (non-hydrogen) atoms. The van der Waals surface area contributed by atoms with Crippen molar-refractivity contribution in [2.24, 2.45) is 5.92 Å². The minimum atomic E-state index is 0.232. The van der Waals surface area contributed by atoms with Crippen LogP contribution in [0, 0.1) is 5.92 Å². The van der Waals surface area contributed by atoms with Crippen molar-refractivity contribution in [3.63, 3.8) is 0 Å². The second-order valence-electron chi connectivity index (χ2n) is 4.98. The molecule has 2 rings (SSSR count). The fourth-order valence-corrected chi connectivity index (χ4v) is 2.79. The normalized spacial score (nSPS) is 20.4. The lowest BCUT2D eigenvalue weighted by molar-refractivity contribution is 0.156. The molecule has 0 amide bonds. The molecule has 1 aromatic rings. The summed E-state index contributed by atoms with van der Waals surface area (Å²) in [7, 11) is 2.16. The summed E-state index contributed by atoms with van der Waals surface area (Å²) in [6, 6.07) is 7.91. The van der Waals surface area contributed by atoms with Gasteiger partial charge in [-0.3, -0.25) is 0 Å². The maximum atomic E-state index is 9.62. The predicted molar refractivity (Wildman–Crippen MR) is 71.5 cm³/mol. The summed E-state index contributed by atoms with van der Waals surface area (Å²) in [5.41, 5.74) is 1.21. The van der Waals surface area contributed by atoms with Crippen LogP contribution in [-0.4, -0.2) is 36.8 Å². The molecule has 0 radical (unpaired) electrons. The van der Waals surface area contributed by atoms with Crippen LogP contribution in [-0.2, 0) is 0 Å². The minimum absolute atomic E-state index is 0.232. The van der Waals surface area contributed by atoms with Gasteiger partial charge in [0, 0.05) is 10.9 Å². The zero-order valence-corrected chi connectivity index (χ0v) is 11.0. The van der Waals surface area contributed by atoms with Gasteiger partial charge < -0.3 is 10.0 Å². The van der Waals surface area contributed by atoms with Gasteiger partial charge in [0.25, 0.3) is 0 Å². The quantitative estimate of drug-likeness (QED) is 0.896. The number of rotatable bonds is 3. The van der Waals surface area contributed by atoms with Crippen molar-refractivity contribution in [1.82, 2.24) is 4.90 Å². The second kappa shape index (κ2) is 5.85. The highest BCUT2D eigenvalue weighted by Crippen LogP contribution is 2.32. The molecule has 0 saturated carbocycles. The molecule has 0 aromatic heterocycles. The van der Waals surface area contributed by atoms with Gasteiger partial charge in [-0.15, -0.1) is 0 Å². The smallest absolute Gasteiger partial charge is 0.0502 e. The molecule has 1 fully saturated rings. The summed E-state index contributed by atoms with van der Waals surface area (Å²) in [5, 5.41) is 10.4. The first-order valence-corrected chi connectivity index (χ1v) is 6.63. The average Bonchev–Trinajstić information content (AvgIpc) is 2.35. The van der Waals surface area contributed by atoms with Crippen LogP contribution in [0.2, 0.25) is 5.02 Å². The molecule has 1 aromatic carbocycles. The van der Waals surface area contributed by atoms with Crippen LogP contribution in [0.3, 0.4) is 0 Å². The molecule has 0 bridgehead atoms. The standard InChI is InChI=1S/C14H20ClNO/c1-16-8-6-12(7-9-16)14(10-17)11-2-4-13(15)5-3-11/h2-5,12,14,17H,6-10H2,1H3. The van der Waals surface area contributed by atoms with Gasteiger partial charge in [0.1, 0.15) is 0 Å². The number of aliphatic hydroxyl groups excluding tert-OH is 1. The second-order valence-corrected chi connectivity index (χ2v) is 5.42. The zero-order chi connectivity index (χ0) is 12.3. The van der Waals surface area contributed by atoms with Crippen molar-refractivity contribution < 1.29 is 5.11 Å². The highest BCUT2D eigenvalue weighted by Gasteiger charge is 2.25. The number of nitrogens with zero attached hydrogens (tertiary/aromatic N) is 1.